The van der Waals surface area contributed by atoms with Crippen LogP contribution in [0.2, 0.25) is 5.02 Å². The second-order valence-corrected chi connectivity index (χ2v) is 6.80. The van der Waals surface area contributed by atoms with E-state index in [0.717, 1.165) is 0 Å². The van der Waals surface area contributed by atoms with Gasteiger partial charge in [-0.2, -0.15) is 4.31 Å². The van der Waals surface area contributed by atoms with Crippen molar-refractivity contribution in [3.8, 4) is 5.75 Å². The third-order valence-electron chi connectivity index (χ3n) is 3.04. The molecule has 0 aliphatic carbocycles. The molecule has 0 amide bonds. The Bertz CT molecular complexity index is 641. The van der Waals surface area contributed by atoms with E-state index in [1.165, 1.54) is 29.6 Å². The van der Waals surface area contributed by atoms with Crippen molar-refractivity contribution in [1.29, 1.82) is 0 Å². The molecule has 7 nitrogen and oxygen atoms in total. The smallest absolute Gasteiger partial charge is 0.341 e. The largest absolute Gasteiger partial charge is 0.480 e. The van der Waals surface area contributed by atoms with Gasteiger partial charge in [0, 0.05) is 20.2 Å². The van der Waals surface area contributed by atoms with E-state index in [1.54, 1.807) is 0 Å². The molecule has 1 heterocycles. The first-order valence-corrected chi connectivity index (χ1v) is 7.83. The molecule has 1 aromatic carbocycles. The normalized spacial score (nSPS) is 16.5. The number of carbonyl (C=O) groups is 1. The fourth-order valence-corrected chi connectivity index (χ4v) is 3.62. The van der Waals surface area contributed by atoms with Crippen LogP contribution in [0.1, 0.15) is 0 Å². The van der Waals surface area contributed by atoms with Crippen LogP contribution in [0.4, 0.5) is 0 Å². The minimum atomic E-state index is -3.62. The molecule has 9 heteroatoms. The maximum Gasteiger partial charge on any atom is 0.341 e. The summed E-state index contributed by atoms with van der Waals surface area (Å²) in [4.78, 5) is 10.5. The Balaban J connectivity index is 2.14. The van der Waals surface area contributed by atoms with Gasteiger partial charge in [0.2, 0.25) is 10.0 Å². The highest BCUT2D eigenvalue weighted by Crippen LogP contribution is 2.30. The SMILES string of the molecule is COC1CN(S(=O)(=O)c2ccc(OCC(=O)O)c(Cl)c2)C1. The Morgan fingerprint density at radius 1 is 1.48 bits per heavy atom. The predicted octanol–water partition coefficient (Wildman–Crippen LogP) is 0.823. The van der Waals surface area contributed by atoms with Gasteiger partial charge in [-0.05, 0) is 18.2 Å². The summed E-state index contributed by atoms with van der Waals surface area (Å²) in [7, 11) is -2.09. The number of sulfonamides is 1. The molecular weight excluding hydrogens is 322 g/mol. The van der Waals surface area contributed by atoms with Crippen LogP contribution in [0.25, 0.3) is 0 Å². The van der Waals surface area contributed by atoms with Crippen molar-refractivity contribution in [1.82, 2.24) is 4.31 Å². The fraction of sp³-hybridized carbons (Fsp3) is 0.417. The van der Waals surface area contributed by atoms with Gasteiger partial charge in [-0.1, -0.05) is 11.6 Å². The van der Waals surface area contributed by atoms with Crippen molar-refractivity contribution in [2.75, 3.05) is 26.8 Å². The number of hydrogen-bond donors (Lipinski definition) is 1. The summed E-state index contributed by atoms with van der Waals surface area (Å²) in [5.74, 6) is -1.02. The maximum absolute atomic E-state index is 12.3. The Morgan fingerprint density at radius 3 is 2.67 bits per heavy atom. The van der Waals surface area contributed by atoms with Crippen LogP contribution in [0.15, 0.2) is 23.1 Å². The van der Waals surface area contributed by atoms with Gasteiger partial charge in [0.25, 0.3) is 0 Å². The van der Waals surface area contributed by atoms with Gasteiger partial charge in [-0.3, -0.25) is 0 Å². The summed E-state index contributed by atoms with van der Waals surface area (Å²) in [6.45, 7) is 0.0505. The van der Waals surface area contributed by atoms with E-state index >= 15 is 0 Å². The molecule has 1 saturated heterocycles. The fourth-order valence-electron chi connectivity index (χ4n) is 1.79. The molecule has 2 rings (SSSR count). The number of halogens is 1. The molecule has 0 saturated carbocycles. The average molecular weight is 336 g/mol. The number of benzene rings is 1. The van der Waals surface area contributed by atoms with Gasteiger partial charge in [0.15, 0.2) is 6.61 Å². The molecule has 1 aliphatic rings. The van der Waals surface area contributed by atoms with Gasteiger partial charge >= 0.3 is 5.97 Å². The average Bonchev–Trinajstić information content (AvgIpc) is 2.35. The van der Waals surface area contributed by atoms with E-state index in [1.807, 2.05) is 0 Å². The number of carboxylic acids is 1. The van der Waals surface area contributed by atoms with Crippen LogP contribution in [-0.4, -0.2) is 56.7 Å². The van der Waals surface area contributed by atoms with Gasteiger partial charge in [0.05, 0.1) is 16.0 Å². The van der Waals surface area contributed by atoms with Gasteiger partial charge in [-0.25, -0.2) is 13.2 Å². The first kappa shape index (κ1) is 16.0. The standard InChI is InChI=1S/C12H14ClNO6S/c1-19-8-5-14(6-8)21(17,18)9-2-3-11(10(13)4-9)20-7-12(15)16/h2-4,8H,5-7H2,1H3,(H,15,16). The molecule has 1 aromatic rings. The van der Waals surface area contributed by atoms with Crippen LogP contribution >= 0.6 is 11.6 Å². The maximum atomic E-state index is 12.3. The second-order valence-electron chi connectivity index (χ2n) is 4.45. The molecule has 0 aromatic heterocycles. The molecule has 1 aliphatic heterocycles. The summed E-state index contributed by atoms with van der Waals surface area (Å²) in [5, 5.41) is 8.57. The summed E-state index contributed by atoms with van der Waals surface area (Å²) in [6, 6.07) is 3.92. The topological polar surface area (TPSA) is 93.1 Å². The van der Waals surface area contributed by atoms with E-state index in [0.29, 0.717) is 13.1 Å². The molecule has 0 atom stereocenters. The Morgan fingerprint density at radius 2 is 2.14 bits per heavy atom. The van der Waals surface area contributed by atoms with E-state index in [9.17, 15) is 13.2 Å². The van der Waals surface area contributed by atoms with Gasteiger partial charge in [0.1, 0.15) is 5.75 Å². The molecule has 0 radical (unpaired) electrons. The van der Waals surface area contributed by atoms with Crippen molar-refractivity contribution < 1.29 is 27.8 Å². The minimum absolute atomic E-state index is 0.0322. The summed E-state index contributed by atoms with van der Waals surface area (Å²) in [6.07, 6.45) is -0.0894. The first-order valence-electron chi connectivity index (χ1n) is 6.01. The highest BCUT2D eigenvalue weighted by Gasteiger charge is 2.37. The molecule has 1 N–H and O–H groups in total. The highest BCUT2D eigenvalue weighted by atomic mass is 35.5. The van der Waals surface area contributed by atoms with Gasteiger partial charge in [-0.15, -0.1) is 0 Å². The Kier molecular flexibility index (Phi) is 4.72. The molecular formula is C12H14ClNO6S. The van der Waals surface area contributed by atoms with Crippen molar-refractivity contribution in [2.24, 2.45) is 0 Å². The molecule has 21 heavy (non-hydrogen) atoms. The lowest BCUT2D eigenvalue weighted by Gasteiger charge is -2.36. The van der Waals surface area contributed by atoms with Gasteiger partial charge < -0.3 is 14.6 Å². The number of methoxy groups -OCH3 is 1. The zero-order valence-electron chi connectivity index (χ0n) is 11.2. The number of ether oxygens (including phenoxy) is 2. The molecule has 1 fully saturated rings. The number of rotatable bonds is 6. The number of nitrogens with zero attached hydrogens (tertiary/aromatic N) is 1. The zero-order valence-corrected chi connectivity index (χ0v) is 12.7. The third kappa shape index (κ3) is 3.46. The molecule has 116 valence electrons. The van der Waals surface area contributed by atoms with Crippen LogP contribution < -0.4 is 4.74 Å². The lowest BCUT2D eigenvalue weighted by atomic mass is 10.2. The van der Waals surface area contributed by atoms with E-state index < -0.39 is 22.6 Å². The van der Waals surface area contributed by atoms with Crippen LogP contribution in [-0.2, 0) is 19.6 Å². The van der Waals surface area contributed by atoms with E-state index in [4.69, 9.17) is 26.2 Å². The Hall–Kier alpha value is -1.35. The monoisotopic (exact) mass is 335 g/mol. The number of carboxylic acid groups (broad SMARTS) is 1. The second kappa shape index (κ2) is 6.18. The highest BCUT2D eigenvalue weighted by molar-refractivity contribution is 7.89. The number of hydrogen-bond acceptors (Lipinski definition) is 5. The van der Waals surface area contributed by atoms with Crippen molar-refractivity contribution >= 4 is 27.6 Å². The quantitative estimate of drug-likeness (QED) is 0.827. The number of aliphatic carboxylic acids is 1. The summed E-state index contributed by atoms with van der Waals surface area (Å²) < 4.78 is 35.8. The molecule has 0 spiro atoms. The summed E-state index contributed by atoms with van der Waals surface area (Å²) in [5.41, 5.74) is 0. The van der Waals surface area contributed by atoms with Crippen LogP contribution in [0.5, 0.6) is 5.75 Å². The van der Waals surface area contributed by atoms with Crippen molar-refractivity contribution in [3.05, 3.63) is 23.2 Å². The van der Waals surface area contributed by atoms with Crippen LogP contribution in [0.3, 0.4) is 0 Å². The Labute approximate surface area is 127 Å². The molecule has 0 bridgehead atoms. The molecule has 0 unspecified atom stereocenters. The lowest BCUT2D eigenvalue weighted by molar-refractivity contribution is -0.139. The van der Waals surface area contributed by atoms with E-state index in [-0.39, 0.29) is 21.8 Å². The van der Waals surface area contributed by atoms with Crippen molar-refractivity contribution in [3.63, 3.8) is 0 Å². The van der Waals surface area contributed by atoms with Crippen LogP contribution in [0, 0.1) is 0 Å². The van der Waals surface area contributed by atoms with E-state index in [2.05, 4.69) is 0 Å². The summed E-state index contributed by atoms with van der Waals surface area (Å²) >= 11 is 5.92. The van der Waals surface area contributed by atoms with Crippen molar-refractivity contribution in [2.45, 2.75) is 11.0 Å². The third-order valence-corrected chi connectivity index (χ3v) is 5.16. The first-order chi connectivity index (χ1) is 9.84. The predicted molar refractivity (Wildman–Crippen MR) is 74.1 cm³/mol. The minimum Gasteiger partial charge on any atom is -0.480 e. The lowest BCUT2D eigenvalue weighted by Crippen LogP contribution is -2.54. The zero-order chi connectivity index (χ0) is 15.6.